The first-order chi connectivity index (χ1) is 9.20. The van der Waals surface area contributed by atoms with Crippen molar-refractivity contribution < 1.29 is 4.79 Å². The van der Waals surface area contributed by atoms with Gasteiger partial charge in [0.05, 0.1) is 17.8 Å². The summed E-state index contributed by atoms with van der Waals surface area (Å²) < 4.78 is 0. The highest BCUT2D eigenvalue weighted by Gasteiger charge is 2.06. The molecule has 19 heavy (non-hydrogen) atoms. The molecule has 1 amide bonds. The second-order valence-corrected chi connectivity index (χ2v) is 4.20. The Labute approximate surface area is 112 Å². The molecule has 0 fully saturated rings. The van der Waals surface area contributed by atoms with E-state index in [1.165, 1.54) is 6.20 Å². The van der Waals surface area contributed by atoms with Crippen molar-refractivity contribution in [3.63, 3.8) is 0 Å². The SMILES string of the molecule is CN(Cc1ccc(C(=O)NN)cn1)c1ccccc1. The predicted octanol–water partition coefficient (Wildman–Crippen LogP) is 1.32. The summed E-state index contributed by atoms with van der Waals surface area (Å²) in [6.45, 7) is 0.675. The number of nitrogen functional groups attached to an aromatic ring is 1. The maximum Gasteiger partial charge on any atom is 0.266 e. The molecule has 0 saturated carbocycles. The Morgan fingerprint density at radius 3 is 2.58 bits per heavy atom. The van der Waals surface area contributed by atoms with Crippen molar-refractivity contribution >= 4 is 11.6 Å². The number of para-hydroxylation sites is 1. The van der Waals surface area contributed by atoms with Gasteiger partial charge in [0.1, 0.15) is 0 Å². The van der Waals surface area contributed by atoms with Gasteiger partial charge in [-0.05, 0) is 24.3 Å². The summed E-state index contributed by atoms with van der Waals surface area (Å²) in [6, 6.07) is 13.6. The summed E-state index contributed by atoms with van der Waals surface area (Å²) in [5.74, 6) is 4.73. The van der Waals surface area contributed by atoms with Crippen LogP contribution in [0, 0.1) is 0 Å². The lowest BCUT2D eigenvalue weighted by atomic mass is 10.2. The minimum Gasteiger partial charge on any atom is -0.369 e. The van der Waals surface area contributed by atoms with E-state index in [1.54, 1.807) is 6.07 Å². The van der Waals surface area contributed by atoms with Crippen LogP contribution >= 0.6 is 0 Å². The van der Waals surface area contributed by atoms with Crippen molar-refractivity contribution in [2.24, 2.45) is 5.84 Å². The zero-order chi connectivity index (χ0) is 13.7. The van der Waals surface area contributed by atoms with Crippen LogP contribution in [0.15, 0.2) is 48.7 Å². The van der Waals surface area contributed by atoms with E-state index in [0.717, 1.165) is 11.4 Å². The van der Waals surface area contributed by atoms with Crippen LogP contribution in [-0.2, 0) is 6.54 Å². The highest BCUT2D eigenvalue weighted by molar-refractivity contribution is 5.93. The van der Waals surface area contributed by atoms with Crippen molar-refractivity contribution in [3.05, 3.63) is 59.9 Å². The number of nitrogens with zero attached hydrogens (tertiary/aromatic N) is 2. The third-order valence-corrected chi connectivity index (χ3v) is 2.81. The van der Waals surface area contributed by atoms with Crippen LogP contribution in [0.4, 0.5) is 5.69 Å². The van der Waals surface area contributed by atoms with Gasteiger partial charge in [0.15, 0.2) is 0 Å². The van der Waals surface area contributed by atoms with E-state index in [9.17, 15) is 4.79 Å². The van der Waals surface area contributed by atoms with Crippen LogP contribution in [0.5, 0.6) is 0 Å². The van der Waals surface area contributed by atoms with Gasteiger partial charge in [0.2, 0.25) is 0 Å². The lowest BCUT2D eigenvalue weighted by Gasteiger charge is -2.18. The van der Waals surface area contributed by atoms with Crippen molar-refractivity contribution in [3.8, 4) is 0 Å². The van der Waals surface area contributed by atoms with Crippen LogP contribution < -0.4 is 16.2 Å². The molecule has 98 valence electrons. The minimum absolute atomic E-state index is 0.338. The second-order valence-electron chi connectivity index (χ2n) is 4.20. The van der Waals surface area contributed by atoms with Crippen LogP contribution in [0.25, 0.3) is 0 Å². The van der Waals surface area contributed by atoms with Gasteiger partial charge >= 0.3 is 0 Å². The number of nitrogens with one attached hydrogen (secondary N) is 1. The average Bonchev–Trinajstić information content (AvgIpc) is 2.48. The number of benzene rings is 1. The fourth-order valence-corrected chi connectivity index (χ4v) is 1.75. The van der Waals surface area contributed by atoms with Gasteiger partial charge in [0, 0.05) is 18.9 Å². The van der Waals surface area contributed by atoms with Gasteiger partial charge in [0.25, 0.3) is 5.91 Å². The first kappa shape index (κ1) is 13.0. The van der Waals surface area contributed by atoms with Crippen LogP contribution in [-0.4, -0.2) is 17.9 Å². The van der Waals surface area contributed by atoms with E-state index in [4.69, 9.17) is 5.84 Å². The standard InChI is InChI=1S/C14H16N4O/c1-18(13-5-3-2-4-6-13)10-12-8-7-11(9-16-12)14(19)17-15/h2-9H,10,15H2,1H3,(H,17,19). The molecule has 0 radical (unpaired) electrons. The number of pyridine rings is 1. The fourth-order valence-electron chi connectivity index (χ4n) is 1.75. The maximum atomic E-state index is 11.3. The first-order valence-corrected chi connectivity index (χ1v) is 5.93. The monoisotopic (exact) mass is 256 g/mol. The number of carbonyl (C=O) groups is 1. The summed E-state index contributed by atoms with van der Waals surface area (Å²) in [7, 11) is 2.00. The molecule has 0 spiro atoms. The normalized spacial score (nSPS) is 10.0. The molecule has 5 heteroatoms. The predicted molar refractivity (Wildman–Crippen MR) is 74.4 cm³/mol. The molecular formula is C14H16N4O. The van der Waals surface area contributed by atoms with Crippen molar-refractivity contribution in [1.29, 1.82) is 0 Å². The third-order valence-electron chi connectivity index (χ3n) is 2.81. The summed E-state index contributed by atoms with van der Waals surface area (Å²) in [5, 5.41) is 0. The molecule has 1 heterocycles. The van der Waals surface area contributed by atoms with Crippen molar-refractivity contribution in [1.82, 2.24) is 10.4 Å². The lowest BCUT2D eigenvalue weighted by molar-refractivity contribution is 0.0953. The molecule has 0 aliphatic carbocycles. The number of hydrogen-bond acceptors (Lipinski definition) is 4. The lowest BCUT2D eigenvalue weighted by Crippen LogP contribution is -2.30. The zero-order valence-corrected chi connectivity index (χ0v) is 10.7. The van der Waals surface area contributed by atoms with E-state index < -0.39 is 0 Å². The van der Waals surface area contributed by atoms with E-state index >= 15 is 0 Å². The number of aromatic nitrogens is 1. The quantitative estimate of drug-likeness (QED) is 0.492. The summed E-state index contributed by atoms with van der Waals surface area (Å²) >= 11 is 0. The topological polar surface area (TPSA) is 71.2 Å². The molecule has 0 bridgehead atoms. The van der Waals surface area contributed by atoms with Crippen LogP contribution in [0.3, 0.4) is 0 Å². The zero-order valence-electron chi connectivity index (χ0n) is 10.7. The molecule has 5 nitrogen and oxygen atoms in total. The minimum atomic E-state index is -0.338. The molecule has 0 saturated heterocycles. The molecule has 3 N–H and O–H groups in total. The molecule has 2 aromatic rings. The van der Waals surface area contributed by atoms with Crippen molar-refractivity contribution in [2.45, 2.75) is 6.54 Å². The Morgan fingerprint density at radius 1 is 1.26 bits per heavy atom. The Balaban J connectivity index is 2.06. The smallest absolute Gasteiger partial charge is 0.266 e. The number of hydrogen-bond donors (Lipinski definition) is 2. The van der Waals surface area contributed by atoms with Gasteiger partial charge in [-0.25, -0.2) is 5.84 Å². The van der Waals surface area contributed by atoms with Gasteiger partial charge in [-0.15, -0.1) is 0 Å². The van der Waals surface area contributed by atoms with Crippen LogP contribution in [0.2, 0.25) is 0 Å². The Kier molecular flexibility index (Phi) is 4.10. The van der Waals surface area contributed by atoms with E-state index in [1.807, 2.05) is 43.4 Å². The Morgan fingerprint density at radius 2 is 2.00 bits per heavy atom. The molecule has 0 atom stereocenters. The molecule has 0 aliphatic heterocycles. The highest BCUT2D eigenvalue weighted by atomic mass is 16.2. The second kappa shape index (κ2) is 5.97. The Bertz CT molecular complexity index is 539. The first-order valence-electron chi connectivity index (χ1n) is 5.93. The Hall–Kier alpha value is -2.40. The molecule has 2 rings (SSSR count). The van der Waals surface area contributed by atoms with Gasteiger partial charge in [-0.2, -0.15) is 0 Å². The van der Waals surface area contributed by atoms with Crippen molar-refractivity contribution in [2.75, 3.05) is 11.9 Å². The molecule has 1 aromatic carbocycles. The number of carbonyl (C=O) groups excluding carboxylic acids is 1. The van der Waals surface area contributed by atoms with Gasteiger partial charge in [-0.3, -0.25) is 15.2 Å². The summed E-state index contributed by atoms with van der Waals surface area (Å²) in [5.41, 5.74) is 4.54. The summed E-state index contributed by atoms with van der Waals surface area (Å²) in [4.78, 5) is 17.6. The molecule has 0 aliphatic rings. The molecule has 1 aromatic heterocycles. The highest BCUT2D eigenvalue weighted by Crippen LogP contribution is 2.13. The largest absolute Gasteiger partial charge is 0.369 e. The summed E-state index contributed by atoms with van der Waals surface area (Å²) in [6.07, 6.45) is 1.52. The molecular weight excluding hydrogens is 240 g/mol. The number of rotatable bonds is 4. The van der Waals surface area contributed by atoms with Crippen LogP contribution in [0.1, 0.15) is 16.1 Å². The number of amides is 1. The number of anilines is 1. The van der Waals surface area contributed by atoms with Gasteiger partial charge in [-0.1, -0.05) is 18.2 Å². The van der Waals surface area contributed by atoms with E-state index in [-0.39, 0.29) is 5.91 Å². The number of nitrogens with two attached hydrogens (primary N) is 1. The van der Waals surface area contributed by atoms with E-state index in [0.29, 0.717) is 12.1 Å². The van der Waals surface area contributed by atoms with Gasteiger partial charge < -0.3 is 4.90 Å². The fraction of sp³-hybridized carbons (Fsp3) is 0.143. The number of hydrazine groups is 1. The van der Waals surface area contributed by atoms with E-state index in [2.05, 4.69) is 15.3 Å². The maximum absolute atomic E-state index is 11.3. The average molecular weight is 256 g/mol. The third kappa shape index (κ3) is 3.29. The molecule has 0 unspecified atom stereocenters.